The molecule has 0 aliphatic carbocycles. The van der Waals surface area contributed by atoms with E-state index in [2.05, 4.69) is 5.32 Å². The van der Waals surface area contributed by atoms with Crippen LogP contribution in [-0.2, 0) is 6.42 Å². The molecular weight excluding hydrogens is 263 g/mol. The van der Waals surface area contributed by atoms with Crippen molar-refractivity contribution < 1.29 is 18.4 Å². The molecule has 0 saturated carbocycles. The molecule has 0 bridgehead atoms. The zero-order valence-electron chi connectivity index (χ0n) is 10.8. The molecule has 0 aliphatic heterocycles. The highest BCUT2D eigenvalue weighted by Crippen LogP contribution is 2.16. The summed E-state index contributed by atoms with van der Waals surface area (Å²) in [6.45, 7) is 1.90. The van der Waals surface area contributed by atoms with Crippen molar-refractivity contribution in [2.24, 2.45) is 5.73 Å². The third-order valence-corrected chi connectivity index (χ3v) is 2.72. The molecule has 20 heavy (non-hydrogen) atoms. The lowest BCUT2D eigenvalue weighted by molar-refractivity contribution is 0.0985. The van der Waals surface area contributed by atoms with Crippen LogP contribution < -0.4 is 11.1 Å². The van der Waals surface area contributed by atoms with E-state index < -0.39 is 17.6 Å². The number of aryl methyl sites for hydroxylation is 1. The van der Waals surface area contributed by atoms with Crippen LogP contribution in [0.4, 0.5) is 10.1 Å². The molecule has 3 N–H and O–H groups in total. The van der Waals surface area contributed by atoms with E-state index in [-0.39, 0.29) is 17.0 Å². The fraction of sp³-hybridized carbons (Fsp3) is 0.143. The van der Waals surface area contributed by atoms with Crippen molar-refractivity contribution in [2.45, 2.75) is 13.3 Å². The summed E-state index contributed by atoms with van der Waals surface area (Å²) in [6, 6.07) is 6.83. The van der Waals surface area contributed by atoms with Crippen molar-refractivity contribution in [3.63, 3.8) is 0 Å². The molecule has 0 aliphatic rings. The van der Waals surface area contributed by atoms with Crippen LogP contribution in [0.2, 0.25) is 0 Å². The maximum atomic E-state index is 13.3. The van der Waals surface area contributed by atoms with Crippen LogP contribution in [0.3, 0.4) is 0 Å². The van der Waals surface area contributed by atoms with Gasteiger partial charge < -0.3 is 15.5 Å². The van der Waals surface area contributed by atoms with Crippen LogP contribution in [-0.4, -0.2) is 11.8 Å². The molecule has 0 fully saturated rings. The average molecular weight is 276 g/mol. The van der Waals surface area contributed by atoms with Crippen molar-refractivity contribution in [1.82, 2.24) is 0 Å². The number of halogens is 1. The van der Waals surface area contributed by atoms with Gasteiger partial charge in [-0.25, -0.2) is 4.39 Å². The van der Waals surface area contributed by atoms with Gasteiger partial charge in [-0.05, 0) is 30.3 Å². The largest absolute Gasteiger partial charge is 0.456 e. The van der Waals surface area contributed by atoms with Gasteiger partial charge >= 0.3 is 0 Å². The summed E-state index contributed by atoms with van der Waals surface area (Å²) >= 11 is 0. The highest BCUT2D eigenvalue weighted by Gasteiger charge is 2.13. The Morgan fingerprint density at radius 2 is 2.05 bits per heavy atom. The quantitative estimate of drug-likeness (QED) is 0.898. The number of amides is 2. The molecule has 1 heterocycles. The molecule has 1 aromatic carbocycles. The second-order valence-electron chi connectivity index (χ2n) is 4.13. The van der Waals surface area contributed by atoms with Gasteiger partial charge in [0.2, 0.25) is 0 Å². The molecule has 2 aromatic rings. The lowest BCUT2D eigenvalue weighted by Gasteiger charge is -2.05. The van der Waals surface area contributed by atoms with Gasteiger partial charge in [-0.1, -0.05) is 6.92 Å². The van der Waals surface area contributed by atoms with Crippen LogP contribution in [0.25, 0.3) is 0 Å². The SMILES string of the molecule is CCc1ccc(C(=O)Nc2ccc(F)c(C(N)=O)c2)o1. The Morgan fingerprint density at radius 3 is 2.65 bits per heavy atom. The lowest BCUT2D eigenvalue weighted by Crippen LogP contribution is -2.15. The van der Waals surface area contributed by atoms with Crippen molar-refractivity contribution in [3.8, 4) is 0 Å². The fourth-order valence-corrected chi connectivity index (χ4v) is 1.67. The standard InChI is InChI=1S/C14H13FN2O3/c1-2-9-4-6-12(20-9)14(19)17-8-3-5-11(15)10(7-8)13(16)18/h3-7H,2H2,1H3,(H2,16,18)(H,17,19). The van der Waals surface area contributed by atoms with Crippen molar-refractivity contribution in [2.75, 3.05) is 5.32 Å². The molecule has 0 spiro atoms. The zero-order chi connectivity index (χ0) is 14.7. The minimum Gasteiger partial charge on any atom is -0.456 e. The third-order valence-electron chi connectivity index (χ3n) is 2.72. The van der Waals surface area contributed by atoms with Gasteiger partial charge in [-0.15, -0.1) is 0 Å². The smallest absolute Gasteiger partial charge is 0.291 e. The Bertz CT molecular complexity index is 664. The number of hydrogen-bond donors (Lipinski definition) is 2. The van der Waals surface area contributed by atoms with Gasteiger partial charge in [0.1, 0.15) is 11.6 Å². The van der Waals surface area contributed by atoms with Crippen LogP contribution >= 0.6 is 0 Å². The van der Waals surface area contributed by atoms with Crippen molar-refractivity contribution in [1.29, 1.82) is 0 Å². The van der Waals surface area contributed by atoms with Gasteiger partial charge in [0.25, 0.3) is 11.8 Å². The number of carbonyl (C=O) groups excluding carboxylic acids is 2. The predicted octanol–water partition coefficient (Wildman–Crippen LogP) is 2.33. The van der Waals surface area contributed by atoms with Gasteiger partial charge in [0, 0.05) is 12.1 Å². The highest BCUT2D eigenvalue weighted by molar-refractivity contribution is 6.03. The normalized spacial score (nSPS) is 10.3. The maximum Gasteiger partial charge on any atom is 0.291 e. The minimum absolute atomic E-state index is 0.145. The first-order chi connectivity index (χ1) is 9.51. The first-order valence-corrected chi connectivity index (χ1v) is 6.00. The topological polar surface area (TPSA) is 85.3 Å². The summed E-state index contributed by atoms with van der Waals surface area (Å²) in [5.41, 5.74) is 5.02. The zero-order valence-corrected chi connectivity index (χ0v) is 10.8. The Balaban J connectivity index is 2.19. The van der Waals surface area contributed by atoms with Crippen LogP contribution in [0.1, 0.15) is 33.6 Å². The van der Waals surface area contributed by atoms with Crippen LogP contribution in [0.15, 0.2) is 34.7 Å². The van der Waals surface area contributed by atoms with Crippen molar-refractivity contribution >= 4 is 17.5 Å². The Hall–Kier alpha value is -2.63. The number of furan rings is 1. The summed E-state index contributed by atoms with van der Waals surface area (Å²) in [5, 5.41) is 2.51. The number of nitrogens with one attached hydrogen (secondary N) is 1. The number of rotatable bonds is 4. The van der Waals surface area contributed by atoms with Crippen molar-refractivity contribution in [3.05, 3.63) is 53.2 Å². The second-order valence-corrected chi connectivity index (χ2v) is 4.13. The number of primary amides is 1. The molecule has 1 aromatic heterocycles. The Morgan fingerprint density at radius 1 is 1.30 bits per heavy atom. The molecule has 104 valence electrons. The molecule has 0 atom stereocenters. The number of nitrogens with two attached hydrogens (primary N) is 1. The summed E-state index contributed by atoms with van der Waals surface area (Å²) in [7, 11) is 0. The monoisotopic (exact) mass is 276 g/mol. The van der Waals surface area contributed by atoms with E-state index in [1.165, 1.54) is 12.1 Å². The van der Waals surface area contributed by atoms with E-state index in [9.17, 15) is 14.0 Å². The predicted molar refractivity (Wildman–Crippen MR) is 71.0 cm³/mol. The van der Waals surface area contributed by atoms with E-state index in [4.69, 9.17) is 10.2 Å². The highest BCUT2D eigenvalue weighted by atomic mass is 19.1. The summed E-state index contributed by atoms with van der Waals surface area (Å²) in [5.74, 6) is -1.28. The van der Waals surface area contributed by atoms with Gasteiger partial charge in [-0.2, -0.15) is 0 Å². The molecule has 6 heteroatoms. The minimum atomic E-state index is -0.898. The summed E-state index contributed by atoms with van der Waals surface area (Å²) in [4.78, 5) is 22.9. The fourth-order valence-electron chi connectivity index (χ4n) is 1.67. The van der Waals surface area contributed by atoms with E-state index in [0.717, 1.165) is 6.07 Å². The molecule has 5 nitrogen and oxygen atoms in total. The Kier molecular flexibility index (Phi) is 3.84. The van der Waals surface area contributed by atoms with E-state index in [1.54, 1.807) is 12.1 Å². The van der Waals surface area contributed by atoms with E-state index in [0.29, 0.717) is 12.2 Å². The van der Waals surface area contributed by atoms with E-state index >= 15 is 0 Å². The molecule has 2 rings (SSSR count). The van der Waals surface area contributed by atoms with Gasteiger partial charge in [0.15, 0.2) is 5.76 Å². The van der Waals surface area contributed by atoms with E-state index in [1.807, 2.05) is 6.92 Å². The second kappa shape index (κ2) is 5.56. The average Bonchev–Trinajstić information content (AvgIpc) is 2.89. The molecule has 2 amide bonds. The number of anilines is 1. The molecular formula is C14H13FN2O3. The van der Waals surface area contributed by atoms with Gasteiger partial charge in [-0.3, -0.25) is 9.59 Å². The summed E-state index contributed by atoms with van der Waals surface area (Å²) < 4.78 is 18.6. The number of carbonyl (C=O) groups is 2. The lowest BCUT2D eigenvalue weighted by atomic mass is 10.1. The molecule has 0 unspecified atom stereocenters. The molecule has 0 saturated heterocycles. The molecule has 0 radical (unpaired) electrons. The number of hydrogen-bond acceptors (Lipinski definition) is 3. The number of benzene rings is 1. The van der Waals surface area contributed by atoms with Gasteiger partial charge in [0.05, 0.1) is 5.56 Å². The first-order valence-electron chi connectivity index (χ1n) is 6.00. The van der Waals surface area contributed by atoms with Crippen LogP contribution in [0.5, 0.6) is 0 Å². The van der Waals surface area contributed by atoms with Crippen LogP contribution in [0, 0.1) is 5.82 Å². The first kappa shape index (κ1) is 13.8. The maximum absolute atomic E-state index is 13.3. The Labute approximate surface area is 114 Å². The summed E-state index contributed by atoms with van der Waals surface area (Å²) in [6.07, 6.45) is 0.676. The third kappa shape index (κ3) is 2.85.